The Hall–Kier alpha value is -1.97. The van der Waals surface area contributed by atoms with Gasteiger partial charge >= 0.3 is 6.18 Å². The van der Waals surface area contributed by atoms with Gasteiger partial charge in [0.2, 0.25) is 0 Å². The molecule has 3 aromatic carbocycles. The predicted molar refractivity (Wildman–Crippen MR) is 92.3 cm³/mol. The van der Waals surface area contributed by atoms with Gasteiger partial charge in [0.1, 0.15) is 0 Å². The van der Waals surface area contributed by atoms with Crippen LogP contribution in [0.2, 0.25) is 10.0 Å². The summed E-state index contributed by atoms with van der Waals surface area (Å²) in [7, 11) is 0. The molecule has 0 heterocycles. The Morgan fingerprint density at radius 3 is 1.67 bits per heavy atom. The monoisotopic (exact) mass is 366 g/mol. The molecule has 0 atom stereocenters. The third-order valence-electron chi connectivity index (χ3n) is 3.65. The SMILES string of the molecule is FC(F)(F)c1cc(-c2ccccc2)c(Cl)c(-c2ccccc2)c1Cl. The van der Waals surface area contributed by atoms with Crippen LogP contribution in [-0.2, 0) is 6.18 Å². The summed E-state index contributed by atoms with van der Waals surface area (Å²) < 4.78 is 40.3. The van der Waals surface area contributed by atoms with Crippen LogP contribution in [0.5, 0.6) is 0 Å². The van der Waals surface area contributed by atoms with Crippen LogP contribution in [0.1, 0.15) is 5.56 Å². The van der Waals surface area contributed by atoms with Crippen molar-refractivity contribution in [3.8, 4) is 22.3 Å². The molecule has 0 unspecified atom stereocenters. The molecule has 0 aliphatic heterocycles. The van der Waals surface area contributed by atoms with Crippen LogP contribution in [0.3, 0.4) is 0 Å². The highest BCUT2D eigenvalue weighted by Crippen LogP contribution is 2.47. The molecule has 3 aromatic rings. The van der Waals surface area contributed by atoms with Crippen molar-refractivity contribution in [1.29, 1.82) is 0 Å². The largest absolute Gasteiger partial charge is 0.417 e. The van der Waals surface area contributed by atoms with E-state index in [-0.39, 0.29) is 10.6 Å². The molecule has 0 saturated carbocycles. The molecule has 0 amide bonds. The van der Waals surface area contributed by atoms with E-state index in [1.165, 1.54) is 0 Å². The van der Waals surface area contributed by atoms with Gasteiger partial charge < -0.3 is 0 Å². The van der Waals surface area contributed by atoms with E-state index in [4.69, 9.17) is 23.2 Å². The molecule has 122 valence electrons. The predicted octanol–water partition coefficient (Wildman–Crippen LogP) is 7.35. The van der Waals surface area contributed by atoms with Crippen molar-refractivity contribution in [2.45, 2.75) is 6.18 Å². The van der Waals surface area contributed by atoms with Crippen molar-refractivity contribution in [3.05, 3.63) is 82.3 Å². The zero-order chi connectivity index (χ0) is 17.3. The van der Waals surface area contributed by atoms with Gasteiger partial charge in [-0.15, -0.1) is 0 Å². The summed E-state index contributed by atoms with van der Waals surface area (Å²) in [6.07, 6.45) is -4.57. The Labute approximate surface area is 147 Å². The standard InChI is InChI=1S/C19H11Cl2F3/c20-17-14(12-7-3-1-4-8-12)11-15(19(22,23)24)18(21)16(17)13-9-5-2-6-10-13/h1-11H. The van der Waals surface area contributed by atoms with E-state index in [0.717, 1.165) is 6.07 Å². The van der Waals surface area contributed by atoms with E-state index in [2.05, 4.69) is 0 Å². The fourth-order valence-corrected chi connectivity index (χ4v) is 3.31. The van der Waals surface area contributed by atoms with Crippen molar-refractivity contribution < 1.29 is 13.2 Å². The first-order chi connectivity index (χ1) is 11.4. The van der Waals surface area contributed by atoms with E-state index in [0.29, 0.717) is 16.7 Å². The van der Waals surface area contributed by atoms with Crippen molar-refractivity contribution >= 4 is 23.2 Å². The van der Waals surface area contributed by atoms with Crippen LogP contribution in [0, 0.1) is 0 Å². The van der Waals surface area contributed by atoms with Crippen molar-refractivity contribution in [1.82, 2.24) is 0 Å². The van der Waals surface area contributed by atoms with E-state index in [9.17, 15) is 13.2 Å². The van der Waals surface area contributed by atoms with Crippen molar-refractivity contribution in [3.63, 3.8) is 0 Å². The number of halogens is 5. The number of alkyl halides is 3. The second-order valence-corrected chi connectivity index (χ2v) is 5.96. The summed E-state index contributed by atoms with van der Waals surface area (Å²) in [5, 5.41) is -0.191. The van der Waals surface area contributed by atoms with Crippen molar-refractivity contribution in [2.75, 3.05) is 0 Å². The third-order valence-corrected chi connectivity index (χ3v) is 4.44. The van der Waals surface area contributed by atoms with Crippen LogP contribution in [0.25, 0.3) is 22.3 Å². The van der Waals surface area contributed by atoms with E-state index in [1.54, 1.807) is 60.7 Å². The molecule has 3 rings (SSSR count). The molecule has 0 aliphatic rings. The molecule has 5 heteroatoms. The lowest BCUT2D eigenvalue weighted by Crippen LogP contribution is -2.07. The minimum absolute atomic E-state index is 0.188. The molecule has 0 radical (unpaired) electrons. The third kappa shape index (κ3) is 3.14. The van der Waals surface area contributed by atoms with Gasteiger partial charge in [0.15, 0.2) is 0 Å². The molecule has 0 spiro atoms. The molecule has 0 N–H and O–H groups in total. The average molecular weight is 367 g/mol. The highest BCUT2D eigenvalue weighted by atomic mass is 35.5. The Kier molecular flexibility index (Phi) is 4.57. The van der Waals surface area contributed by atoms with Gasteiger partial charge in [-0.25, -0.2) is 0 Å². The van der Waals surface area contributed by atoms with Crippen LogP contribution in [0.15, 0.2) is 66.7 Å². The first-order valence-electron chi connectivity index (χ1n) is 7.09. The van der Waals surface area contributed by atoms with Gasteiger partial charge in [-0.2, -0.15) is 13.2 Å². The van der Waals surface area contributed by atoms with E-state index < -0.39 is 16.8 Å². The maximum atomic E-state index is 13.4. The first kappa shape index (κ1) is 16.9. The lowest BCUT2D eigenvalue weighted by Gasteiger charge is -2.18. The maximum Gasteiger partial charge on any atom is 0.417 e. The van der Waals surface area contributed by atoms with Crippen LogP contribution < -0.4 is 0 Å². The van der Waals surface area contributed by atoms with Crippen LogP contribution >= 0.6 is 23.2 Å². The van der Waals surface area contributed by atoms with Gasteiger partial charge in [-0.1, -0.05) is 83.9 Å². The van der Waals surface area contributed by atoms with Gasteiger partial charge in [0, 0.05) is 11.1 Å². The number of rotatable bonds is 2. The van der Waals surface area contributed by atoms with Gasteiger partial charge in [0.25, 0.3) is 0 Å². The maximum absolute atomic E-state index is 13.4. The number of hydrogen-bond acceptors (Lipinski definition) is 0. The summed E-state index contributed by atoms with van der Waals surface area (Å²) >= 11 is 12.5. The number of benzene rings is 3. The zero-order valence-electron chi connectivity index (χ0n) is 12.2. The zero-order valence-corrected chi connectivity index (χ0v) is 13.8. The average Bonchev–Trinajstić information content (AvgIpc) is 2.56. The quantitative estimate of drug-likeness (QED) is 0.444. The summed E-state index contributed by atoms with van der Waals surface area (Å²) in [5.41, 5.74) is 0.726. The molecular weight excluding hydrogens is 356 g/mol. The molecule has 0 fully saturated rings. The normalized spacial score (nSPS) is 11.5. The minimum Gasteiger partial charge on any atom is -0.166 e. The summed E-state index contributed by atoms with van der Waals surface area (Å²) in [5.74, 6) is 0. The highest BCUT2D eigenvalue weighted by molar-refractivity contribution is 6.41. The lowest BCUT2D eigenvalue weighted by molar-refractivity contribution is -0.137. The van der Waals surface area contributed by atoms with Crippen molar-refractivity contribution in [2.24, 2.45) is 0 Å². The molecule has 0 saturated heterocycles. The minimum atomic E-state index is -4.57. The Bertz CT molecular complexity index is 857. The molecule has 0 aromatic heterocycles. The summed E-state index contributed by atoms with van der Waals surface area (Å²) in [4.78, 5) is 0. The Morgan fingerprint density at radius 1 is 0.667 bits per heavy atom. The topological polar surface area (TPSA) is 0 Å². The van der Waals surface area contributed by atoms with Crippen LogP contribution in [0.4, 0.5) is 13.2 Å². The summed E-state index contributed by atoms with van der Waals surface area (Å²) in [6, 6.07) is 18.3. The molecule has 0 bridgehead atoms. The van der Waals surface area contributed by atoms with Gasteiger partial charge in [-0.05, 0) is 17.2 Å². The fourth-order valence-electron chi connectivity index (χ4n) is 2.53. The second kappa shape index (κ2) is 6.50. The van der Waals surface area contributed by atoms with Gasteiger partial charge in [0.05, 0.1) is 15.6 Å². The molecule has 0 nitrogen and oxygen atoms in total. The smallest absolute Gasteiger partial charge is 0.166 e. The molecular formula is C19H11Cl2F3. The Balaban J connectivity index is 2.37. The first-order valence-corrected chi connectivity index (χ1v) is 7.85. The van der Waals surface area contributed by atoms with E-state index in [1.807, 2.05) is 0 Å². The fraction of sp³-hybridized carbons (Fsp3) is 0.0526. The van der Waals surface area contributed by atoms with E-state index >= 15 is 0 Å². The lowest BCUT2D eigenvalue weighted by atomic mass is 9.95. The van der Waals surface area contributed by atoms with Gasteiger partial charge in [-0.3, -0.25) is 0 Å². The van der Waals surface area contributed by atoms with Crippen LogP contribution in [-0.4, -0.2) is 0 Å². The Morgan fingerprint density at radius 2 is 1.17 bits per heavy atom. The molecule has 0 aliphatic carbocycles. The second-order valence-electron chi connectivity index (χ2n) is 5.20. The highest BCUT2D eigenvalue weighted by Gasteiger charge is 2.36. The molecule has 24 heavy (non-hydrogen) atoms. The number of hydrogen-bond donors (Lipinski definition) is 0. The summed E-state index contributed by atoms with van der Waals surface area (Å²) in [6.45, 7) is 0.